The highest BCUT2D eigenvalue weighted by molar-refractivity contribution is 6.17. The smallest absolute Gasteiger partial charge is 0.289 e. The molecule has 0 unspecified atom stereocenters. The molecule has 0 aliphatic rings. The van der Waals surface area contributed by atoms with Gasteiger partial charge in [0.25, 0.3) is 5.91 Å². The highest BCUT2D eigenvalue weighted by Gasteiger charge is 2.17. The summed E-state index contributed by atoms with van der Waals surface area (Å²) in [5.74, 6) is 2.60. The van der Waals surface area contributed by atoms with Gasteiger partial charge in [-0.15, -0.1) is 11.6 Å². The van der Waals surface area contributed by atoms with Crippen LogP contribution in [0.2, 0.25) is 0 Å². The lowest BCUT2D eigenvalue weighted by Gasteiger charge is -2.16. The molecular formula is C17H20ClNO4. The average Bonchev–Trinajstić information content (AvgIpc) is 2.95. The molecule has 1 aromatic heterocycles. The molecule has 5 nitrogen and oxygen atoms in total. The van der Waals surface area contributed by atoms with Crippen LogP contribution in [0.4, 0.5) is 0 Å². The number of benzene rings is 1. The first kappa shape index (κ1) is 17.2. The molecule has 23 heavy (non-hydrogen) atoms. The van der Waals surface area contributed by atoms with Crippen LogP contribution in [0.1, 0.15) is 21.9 Å². The number of likely N-dealkylation sites (N-methyl/N-ethyl adjacent to an activating group) is 1. The zero-order valence-electron chi connectivity index (χ0n) is 13.5. The lowest BCUT2D eigenvalue weighted by molar-refractivity contribution is 0.0741. The number of furan rings is 1. The normalized spacial score (nSPS) is 10.4. The van der Waals surface area contributed by atoms with Crippen molar-refractivity contribution in [3.8, 4) is 11.5 Å². The zero-order chi connectivity index (χ0) is 16.8. The highest BCUT2D eigenvalue weighted by atomic mass is 35.5. The summed E-state index contributed by atoms with van der Waals surface area (Å²) in [7, 11) is 3.32. The quantitative estimate of drug-likeness (QED) is 0.726. The minimum absolute atomic E-state index is 0.192. The molecule has 1 heterocycles. The second kappa shape index (κ2) is 7.92. The third kappa shape index (κ3) is 4.42. The van der Waals surface area contributed by atoms with Gasteiger partial charge in [0.15, 0.2) is 5.76 Å². The second-order valence-corrected chi connectivity index (χ2v) is 5.34. The number of amides is 1. The van der Waals surface area contributed by atoms with Crippen LogP contribution < -0.4 is 9.47 Å². The number of ether oxygens (including phenoxy) is 2. The fourth-order valence-corrected chi connectivity index (χ4v) is 2.29. The Morgan fingerprint density at radius 3 is 2.48 bits per heavy atom. The van der Waals surface area contributed by atoms with E-state index in [1.807, 2.05) is 24.3 Å². The molecule has 0 fully saturated rings. The van der Waals surface area contributed by atoms with Crippen molar-refractivity contribution in [3.05, 3.63) is 47.4 Å². The number of halogens is 1. The fraction of sp³-hybridized carbons (Fsp3) is 0.353. The van der Waals surface area contributed by atoms with Crippen LogP contribution in [-0.2, 0) is 5.88 Å². The van der Waals surface area contributed by atoms with Gasteiger partial charge in [-0.3, -0.25) is 4.79 Å². The van der Waals surface area contributed by atoms with Crippen molar-refractivity contribution in [2.24, 2.45) is 0 Å². The number of hydrogen-bond donors (Lipinski definition) is 0. The van der Waals surface area contributed by atoms with Crippen molar-refractivity contribution in [2.75, 3.05) is 27.3 Å². The molecular weight excluding hydrogens is 318 g/mol. The summed E-state index contributed by atoms with van der Waals surface area (Å²) >= 11 is 5.79. The van der Waals surface area contributed by atoms with Crippen LogP contribution in [0.25, 0.3) is 0 Å². The fourth-order valence-electron chi connectivity index (χ4n) is 2.02. The van der Waals surface area contributed by atoms with Crippen molar-refractivity contribution >= 4 is 17.5 Å². The number of nitrogens with zero attached hydrogens (tertiary/aromatic N) is 1. The Balaban J connectivity index is 1.85. The molecule has 0 aliphatic carbocycles. The van der Waals surface area contributed by atoms with E-state index in [2.05, 4.69) is 0 Å². The first-order valence-corrected chi connectivity index (χ1v) is 7.76. The average molecular weight is 338 g/mol. The summed E-state index contributed by atoms with van der Waals surface area (Å²) in [5, 5.41) is 0. The van der Waals surface area contributed by atoms with Crippen LogP contribution >= 0.6 is 11.6 Å². The Labute approximate surface area is 140 Å². The van der Waals surface area contributed by atoms with Gasteiger partial charge in [0, 0.05) is 12.6 Å². The summed E-state index contributed by atoms with van der Waals surface area (Å²) in [5.41, 5.74) is 0.831. The number of aryl methyl sites for hydroxylation is 1. The van der Waals surface area contributed by atoms with Crippen molar-refractivity contribution in [2.45, 2.75) is 12.8 Å². The highest BCUT2D eigenvalue weighted by Crippen LogP contribution is 2.18. The third-order valence-electron chi connectivity index (χ3n) is 3.48. The van der Waals surface area contributed by atoms with E-state index in [0.29, 0.717) is 30.6 Å². The van der Waals surface area contributed by atoms with Crippen LogP contribution in [0, 0.1) is 6.92 Å². The van der Waals surface area contributed by atoms with Gasteiger partial charge in [0.05, 0.1) is 19.5 Å². The molecule has 0 saturated carbocycles. The number of rotatable bonds is 7. The molecule has 0 bridgehead atoms. The number of carbonyl (C=O) groups is 1. The molecule has 0 spiro atoms. The van der Waals surface area contributed by atoms with Crippen LogP contribution in [-0.4, -0.2) is 38.1 Å². The first-order valence-electron chi connectivity index (χ1n) is 7.22. The van der Waals surface area contributed by atoms with Gasteiger partial charge in [-0.05, 0) is 37.3 Å². The molecule has 2 rings (SSSR count). The standard InChI is InChI=1S/C17H20ClNO4/c1-12-13(11-18)10-16(23-12)17(20)19(2)8-9-22-15-6-4-14(21-3)5-7-15/h4-7,10H,8-9,11H2,1-3H3. The molecule has 0 aliphatic heterocycles. The van der Waals surface area contributed by atoms with E-state index in [9.17, 15) is 4.79 Å². The van der Waals surface area contributed by atoms with Gasteiger partial charge in [0.2, 0.25) is 0 Å². The Bertz CT molecular complexity index is 651. The van der Waals surface area contributed by atoms with Crippen molar-refractivity contribution in [1.29, 1.82) is 0 Å². The molecule has 0 saturated heterocycles. The Kier molecular flexibility index (Phi) is 5.93. The van der Waals surface area contributed by atoms with Gasteiger partial charge in [-0.1, -0.05) is 0 Å². The summed E-state index contributed by atoms with van der Waals surface area (Å²) in [6.45, 7) is 2.62. The third-order valence-corrected chi connectivity index (χ3v) is 3.76. The van der Waals surface area contributed by atoms with Crippen molar-refractivity contribution < 1.29 is 18.7 Å². The topological polar surface area (TPSA) is 51.9 Å². The Morgan fingerprint density at radius 2 is 1.91 bits per heavy atom. The lowest BCUT2D eigenvalue weighted by Crippen LogP contribution is -2.30. The maximum atomic E-state index is 12.3. The van der Waals surface area contributed by atoms with E-state index in [0.717, 1.165) is 17.1 Å². The number of hydrogen-bond acceptors (Lipinski definition) is 4. The van der Waals surface area contributed by atoms with Crippen molar-refractivity contribution in [3.63, 3.8) is 0 Å². The molecule has 0 N–H and O–H groups in total. The SMILES string of the molecule is COc1ccc(OCCN(C)C(=O)c2cc(CCl)c(C)o2)cc1. The van der Waals surface area contributed by atoms with Gasteiger partial charge < -0.3 is 18.8 Å². The van der Waals surface area contributed by atoms with Gasteiger partial charge in [0.1, 0.15) is 23.9 Å². The number of carbonyl (C=O) groups excluding carboxylic acids is 1. The van der Waals surface area contributed by atoms with E-state index in [4.69, 9.17) is 25.5 Å². The maximum Gasteiger partial charge on any atom is 0.289 e. The van der Waals surface area contributed by atoms with Crippen molar-refractivity contribution in [1.82, 2.24) is 4.90 Å². The molecule has 0 radical (unpaired) electrons. The van der Waals surface area contributed by atoms with E-state index in [1.54, 1.807) is 32.0 Å². The van der Waals surface area contributed by atoms with E-state index >= 15 is 0 Å². The van der Waals surface area contributed by atoms with E-state index in [1.165, 1.54) is 0 Å². The largest absolute Gasteiger partial charge is 0.497 e. The van der Waals surface area contributed by atoms with Crippen LogP contribution in [0.5, 0.6) is 11.5 Å². The maximum absolute atomic E-state index is 12.3. The molecule has 6 heteroatoms. The number of methoxy groups -OCH3 is 1. The molecule has 124 valence electrons. The summed E-state index contributed by atoms with van der Waals surface area (Å²) < 4.78 is 16.1. The molecule has 1 aromatic carbocycles. The summed E-state index contributed by atoms with van der Waals surface area (Å²) in [6, 6.07) is 8.98. The monoisotopic (exact) mass is 337 g/mol. The number of alkyl halides is 1. The van der Waals surface area contributed by atoms with E-state index < -0.39 is 0 Å². The first-order chi connectivity index (χ1) is 11.0. The summed E-state index contributed by atoms with van der Waals surface area (Å²) in [4.78, 5) is 13.8. The van der Waals surface area contributed by atoms with Crippen LogP contribution in [0.15, 0.2) is 34.7 Å². The predicted molar refractivity (Wildman–Crippen MR) is 88.5 cm³/mol. The summed E-state index contributed by atoms with van der Waals surface area (Å²) in [6.07, 6.45) is 0. The van der Waals surface area contributed by atoms with Gasteiger partial charge in [-0.25, -0.2) is 0 Å². The van der Waals surface area contributed by atoms with E-state index in [-0.39, 0.29) is 5.91 Å². The zero-order valence-corrected chi connectivity index (χ0v) is 14.2. The molecule has 2 aromatic rings. The minimum atomic E-state index is -0.192. The minimum Gasteiger partial charge on any atom is -0.497 e. The Morgan fingerprint density at radius 1 is 1.26 bits per heavy atom. The second-order valence-electron chi connectivity index (χ2n) is 5.08. The molecule has 0 atom stereocenters. The van der Waals surface area contributed by atoms with Crippen LogP contribution in [0.3, 0.4) is 0 Å². The Hall–Kier alpha value is -2.14. The molecule has 1 amide bonds. The van der Waals surface area contributed by atoms with Gasteiger partial charge in [-0.2, -0.15) is 0 Å². The lowest BCUT2D eigenvalue weighted by atomic mass is 10.2. The predicted octanol–water partition coefficient (Wildman–Crippen LogP) is 3.49. The van der Waals surface area contributed by atoms with Gasteiger partial charge >= 0.3 is 0 Å².